The number of aromatic amines is 1. The number of hydrogen-bond donors (Lipinski definition) is 1. The van der Waals surface area contributed by atoms with Crippen LogP contribution in [0.15, 0.2) is 32.8 Å². The minimum atomic E-state index is -0.452. The average molecular weight is 329 g/mol. The Kier molecular flexibility index (Phi) is 3.49. The van der Waals surface area contributed by atoms with E-state index >= 15 is 0 Å². The summed E-state index contributed by atoms with van der Waals surface area (Å²) in [7, 11) is 0. The van der Waals surface area contributed by atoms with Crippen LogP contribution in [0.5, 0.6) is 0 Å². The summed E-state index contributed by atoms with van der Waals surface area (Å²) in [5.41, 5.74) is 3.00. The van der Waals surface area contributed by atoms with Crippen molar-refractivity contribution in [3.05, 3.63) is 39.1 Å². The van der Waals surface area contributed by atoms with E-state index in [4.69, 9.17) is 4.42 Å². The largest absolute Gasteiger partial charge is 0.417 e. The van der Waals surface area contributed by atoms with Gasteiger partial charge in [0.05, 0.1) is 16.2 Å². The van der Waals surface area contributed by atoms with Crippen molar-refractivity contribution < 1.29 is 9.21 Å². The quantitative estimate of drug-likeness (QED) is 0.797. The monoisotopic (exact) mass is 329 g/mol. The number of H-pyrrole nitrogens is 1. The molecule has 1 amide bonds. The molecule has 0 spiro atoms. The second-order valence-electron chi connectivity index (χ2n) is 5.59. The zero-order valence-corrected chi connectivity index (χ0v) is 13.2. The van der Waals surface area contributed by atoms with Crippen LogP contribution < -0.4 is 5.76 Å². The van der Waals surface area contributed by atoms with Gasteiger partial charge in [-0.1, -0.05) is 6.07 Å². The number of carbonyl (C=O) groups excluding carboxylic acids is 1. The van der Waals surface area contributed by atoms with Crippen LogP contribution in [0, 0.1) is 0 Å². The fourth-order valence-electron chi connectivity index (χ4n) is 2.83. The number of oxazole rings is 1. The number of hydrogen-bond acceptors (Lipinski definition) is 5. The van der Waals surface area contributed by atoms with Gasteiger partial charge in [0.2, 0.25) is 5.91 Å². The van der Waals surface area contributed by atoms with Crippen LogP contribution in [-0.2, 0) is 11.2 Å². The lowest BCUT2D eigenvalue weighted by Crippen LogP contribution is -2.26. The van der Waals surface area contributed by atoms with Crippen LogP contribution in [-0.4, -0.2) is 33.9 Å². The molecular formula is C16H15N3O3S. The van der Waals surface area contributed by atoms with Crippen LogP contribution in [0.25, 0.3) is 22.4 Å². The van der Waals surface area contributed by atoms with Gasteiger partial charge in [0.15, 0.2) is 5.58 Å². The fraction of sp³-hybridized carbons (Fsp3) is 0.312. The number of likely N-dealkylation sites (tertiary alicyclic amines) is 1. The van der Waals surface area contributed by atoms with E-state index in [9.17, 15) is 9.59 Å². The van der Waals surface area contributed by atoms with Crippen LogP contribution in [0.2, 0.25) is 0 Å². The van der Waals surface area contributed by atoms with E-state index in [1.165, 1.54) is 0 Å². The van der Waals surface area contributed by atoms with Crippen molar-refractivity contribution in [1.82, 2.24) is 14.9 Å². The van der Waals surface area contributed by atoms with Gasteiger partial charge in [-0.2, -0.15) is 0 Å². The molecule has 23 heavy (non-hydrogen) atoms. The van der Waals surface area contributed by atoms with Gasteiger partial charge in [-0.05, 0) is 18.6 Å². The highest BCUT2D eigenvalue weighted by atomic mass is 32.1. The predicted molar refractivity (Wildman–Crippen MR) is 87.5 cm³/mol. The molecule has 0 aliphatic carbocycles. The van der Waals surface area contributed by atoms with E-state index in [0.717, 1.165) is 42.2 Å². The van der Waals surface area contributed by atoms with Crippen molar-refractivity contribution in [1.29, 1.82) is 0 Å². The molecule has 3 aromatic rings. The zero-order chi connectivity index (χ0) is 15.8. The summed E-state index contributed by atoms with van der Waals surface area (Å²) in [6.45, 7) is 1.60. The third-order valence-corrected chi connectivity index (χ3v) is 4.94. The van der Waals surface area contributed by atoms with Gasteiger partial charge in [0.25, 0.3) is 0 Å². The van der Waals surface area contributed by atoms with E-state index in [1.807, 2.05) is 28.5 Å². The molecule has 6 nitrogen and oxygen atoms in total. The first-order valence-electron chi connectivity index (χ1n) is 7.54. The van der Waals surface area contributed by atoms with Crippen molar-refractivity contribution in [2.75, 3.05) is 13.1 Å². The Hall–Kier alpha value is -2.41. The summed E-state index contributed by atoms with van der Waals surface area (Å²) in [6, 6.07) is 5.55. The summed E-state index contributed by atoms with van der Waals surface area (Å²) in [4.78, 5) is 32.0. The number of thiazole rings is 1. The second-order valence-corrected chi connectivity index (χ2v) is 6.53. The van der Waals surface area contributed by atoms with Crippen molar-refractivity contribution >= 4 is 28.3 Å². The van der Waals surface area contributed by atoms with Gasteiger partial charge >= 0.3 is 5.76 Å². The maximum Gasteiger partial charge on any atom is 0.417 e. The molecule has 1 fully saturated rings. The molecule has 0 unspecified atom stereocenters. The average Bonchev–Trinajstić information content (AvgIpc) is 3.23. The van der Waals surface area contributed by atoms with Crippen LogP contribution >= 0.6 is 11.3 Å². The first-order chi connectivity index (χ1) is 11.2. The molecule has 1 N–H and O–H groups in total. The van der Waals surface area contributed by atoms with Crippen molar-refractivity contribution in [2.45, 2.75) is 19.3 Å². The summed E-state index contributed by atoms with van der Waals surface area (Å²) >= 11 is 1.59. The van der Waals surface area contributed by atoms with Crippen molar-refractivity contribution in [2.24, 2.45) is 0 Å². The Balaban J connectivity index is 1.51. The number of carbonyl (C=O) groups is 1. The first kappa shape index (κ1) is 14.2. The van der Waals surface area contributed by atoms with Crippen molar-refractivity contribution in [3.8, 4) is 11.3 Å². The Morgan fingerprint density at radius 1 is 1.35 bits per heavy atom. The topological polar surface area (TPSA) is 79.2 Å². The number of rotatable bonds is 4. The number of nitrogens with one attached hydrogen (secondary N) is 1. The molecule has 0 saturated carbocycles. The molecular weight excluding hydrogens is 314 g/mol. The molecule has 1 aliphatic rings. The lowest BCUT2D eigenvalue weighted by atomic mass is 10.1. The highest BCUT2D eigenvalue weighted by Gasteiger charge is 2.20. The summed E-state index contributed by atoms with van der Waals surface area (Å²) in [6.07, 6.45) is 2.41. The Bertz CT molecular complexity index is 924. The third-order valence-electron chi connectivity index (χ3n) is 4.04. The molecule has 118 valence electrons. The number of benzene rings is 1. The Morgan fingerprint density at radius 3 is 3.09 bits per heavy atom. The molecule has 0 radical (unpaired) electrons. The second kappa shape index (κ2) is 5.66. The normalized spacial score (nSPS) is 15.0. The maximum absolute atomic E-state index is 11.6. The summed E-state index contributed by atoms with van der Waals surface area (Å²) in [5, 5.41) is 3.00. The number of aromatic nitrogens is 2. The van der Waals surface area contributed by atoms with Gasteiger partial charge in [-0.15, -0.1) is 11.3 Å². The van der Waals surface area contributed by atoms with Crippen molar-refractivity contribution in [3.63, 3.8) is 0 Å². The molecule has 1 aromatic carbocycles. The third kappa shape index (κ3) is 2.79. The SMILES string of the molecule is O=C1CCCN1CCc1nc(-c2ccc3[nH]c(=O)oc3c2)cs1. The molecule has 3 heterocycles. The molecule has 1 saturated heterocycles. The predicted octanol–water partition coefficient (Wildman–Crippen LogP) is 2.41. The summed E-state index contributed by atoms with van der Waals surface area (Å²) in [5.74, 6) is -0.207. The molecule has 4 rings (SSSR count). The highest BCUT2D eigenvalue weighted by molar-refractivity contribution is 7.09. The smallest absolute Gasteiger partial charge is 0.408 e. The summed E-state index contributed by atoms with van der Waals surface area (Å²) < 4.78 is 5.08. The van der Waals surface area contributed by atoms with Crippen LogP contribution in [0.3, 0.4) is 0 Å². The van der Waals surface area contributed by atoms with E-state index in [-0.39, 0.29) is 5.91 Å². The van der Waals surface area contributed by atoms with Gasteiger partial charge in [0, 0.05) is 36.9 Å². The van der Waals surface area contributed by atoms with Gasteiger partial charge in [-0.3, -0.25) is 9.78 Å². The molecule has 1 aliphatic heterocycles. The van der Waals surface area contributed by atoms with E-state index < -0.39 is 5.76 Å². The van der Waals surface area contributed by atoms with Gasteiger partial charge in [-0.25, -0.2) is 9.78 Å². The van der Waals surface area contributed by atoms with E-state index in [1.54, 1.807) is 11.3 Å². The first-order valence-corrected chi connectivity index (χ1v) is 8.42. The molecule has 0 atom stereocenters. The van der Waals surface area contributed by atoms with Crippen LogP contribution in [0.4, 0.5) is 0 Å². The minimum Gasteiger partial charge on any atom is -0.408 e. The highest BCUT2D eigenvalue weighted by Crippen LogP contribution is 2.25. The van der Waals surface area contributed by atoms with Gasteiger partial charge < -0.3 is 9.32 Å². The molecule has 2 aromatic heterocycles. The number of fused-ring (bicyclic) bond motifs is 1. The fourth-order valence-corrected chi connectivity index (χ4v) is 3.63. The minimum absolute atomic E-state index is 0.245. The molecule has 0 bridgehead atoms. The zero-order valence-electron chi connectivity index (χ0n) is 12.4. The van der Waals surface area contributed by atoms with E-state index in [2.05, 4.69) is 9.97 Å². The number of nitrogens with zero attached hydrogens (tertiary/aromatic N) is 2. The van der Waals surface area contributed by atoms with Crippen LogP contribution in [0.1, 0.15) is 17.8 Å². The Labute approximate surface area is 135 Å². The van der Waals surface area contributed by atoms with E-state index in [0.29, 0.717) is 17.5 Å². The molecule has 7 heteroatoms. The number of amides is 1. The maximum atomic E-state index is 11.6. The van der Waals surface area contributed by atoms with Gasteiger partial charge in [0.1, 0.15) is 0 Å². The lowest BCUT2D eigenvalue weighted by Gasteiger charge is -2.13. The standard InChI is InChI=1S/C16H15N3O3S/c20-15-2-1-6-19(15)7-5-14-17-12(9-23-14)10-3-4-11-13(8-10)22-16(21)18-11/h3-4,8-9H,1-2,5-7H2,(H,18,21). The Morgan fingerprint density at radius 2 is 2.26 bits per heavy atom. The lowest BCUT2D eigenvalue weighted by molar-refractivity contribution is -0.127.